The third kappa shape index (κ3) is 16.5. The molecule has 1 atom stereocenters. The van der Waals surface area contributed by atoms with E-state index in [9.17, 15) is 14.4 Å². The zero-order chi connectivity index (χ0) is 21.2. The van der Waals surface area contributed by atoms with Crippen molar-refractivity contribution in [3.63, 3.8) is 0 Å². The number of carboxylic acid groups (broad SMARTS) is 2. The topological polar surface area (TPSA) is 116 Å². The molecular formula is C20H38N2O6. The molecule has 0 saturated carbocycles. The maximum absolute atomic E-state index is 11.9. The lowest BCUT2D eigenvalue weighted by molar-refractivity contribution is -0.151. The molecule has 0 aliphatic heterocycles. The molecule has 0 heterocycles. The van der Waals surface area contributed by atoms with Crippen molar-refractivity contribution in [1.82, 2.24) is 10.2 Å². The van der Waals surface area contributed by atoms with Crippen LogP contribution < -0.4 is 5.32 Å². The van der Waals surface area contributed by atoms with Gasteiger partial charge in [0.2, 0.25) is 5.91 Å². The first kappa shape index (κ1) is 26.3. The van der Waals surface area contributed by atoms with Gasteiger partial charge in [-0.3, -0.25) is 14.5 Å². The zero-order valence-electron chi connectivity index (χ0n) is 17.5. The van der Waals surface area contributed by atoms with Gasteiger partial charge in [0.25, 0.3) is 0 Å². The summed E-state index contributed by atoms with van der Waals surface area (Å²) in [4.78, 5) is 34.9. The van der Waals surface area contributed by atoms with Crippen molar-refractivity contribution in [2.45, 2.75) is 84.3 Å². The summed E-state index contributed by atoms with van der Waals surface area (Å²) >= 11 is 0. The molecule has 3 N–H and O–H groups in total. The molecular weight excluding hydrogens is 364 g/mol. The van der Waals surface area contributed by atoms with E-state index < -0.39 is 24.8 Å². The molecule has 0 aromatic carbocycles. The standard InChI is InChI=1S/C20H38N2O6/c1-3-4-5-6-7-8-9-10-11-12-18(23)21-13-14-22(15-19(24)25)17(2)28-16-20(26)27/h17H,3-16H2,1-2H3,(H,21,23)(H,24,25)(H,26,27). The Hall–Kier alpha value is -1.67. The first-order valence-corrected chi connectivity index (χ1v) is 10.4. The van der Waals surface area contributed by atoms with Crippen molar-refractivity contribution >= 4 is 17.8 Å². The summed E-state index contributed by atoms with van der Waals surface area (Å²) in [7, 11) is 0. The molecule has 8 nitrogen and oxygen atoms in total. The van der Waals surface area contributed by atoms with Crippen LogP contribution in [0, 0.1) is 0 Å². The zero-order valence-corrected chi connectivity index (χ0v) is 17.5. The highest BCUT2D eigenvalue weighted by molar-refractivity contribution is 5.75. The van der Waals surface area contributed by atoms with Gasteiger partial charge >= 0.3 is 11.9 Å². The minimum atomic E-state index is -1.11. The number of amides is 1. The molecule has 0 aliphatic carbocycles. The molecule has 28 heavy (non-hydrogen) atoms. The van der Waals surface area contributed by atoms with Crippen molar-refractivity contribution in [1.29, 1.82) is 0 Å². The quantitative estimate of drug-likeness (QED) is 0.225. The normalized spacial score (nSPS) is 12.1. The lowest BCUT2D eigenvalue weighted by atomic mass is 10.1. The monoisotopic (exact) mass is 402 g/mol. The van der Waals surface area contributed by atoms with Crippen LogP contribution in [0.25, 0.3) is 0 Å². The summed E-state index contributed by atoms with van der Waals surface area (Å²) < 4.78 is 5.11. The minimum absolute atomic E-state index is 0.0441. The number of carbonyl (C=O) groups is 3. The number of carboxylic acids is 2. The average molecular weight is 403 g/mol. The summed E-state index contributed by atoms with van der Waals surface area (Å²) in [6, 6.07) is 0. The minimum Gasteiger partial charge on any atom is -0.480 e. The molecule has 164 valence electrons. The second-order valence-corrected chi connectivity index (χ2v) is 7.10. The van der Waals surface area contributed by atoms with Gasteiger partial charge in [0.05, 0.1) is 6.54 Å². The highest BCUT2D eigenvalue weighted by Crippen LogP contribution is 2.10. The van der Waals surface area contributed by atoms with Crippen molar-refractivity contribution in [3.8, 4) is 0 Å². The average Bonchev–Trinajstić information content (AvgIpc) is 2.63. The van der Waals surface area contributed by atoms with E-state index in [-0.39, 0.29) is 19.0 Å². The lowest BCUT2D eigenvalue weighted by Gasteiger charge is -2.27. The summed E-state index contributed by atoms with van der Waals surface area (Å²) in [5.74, 6) is -2.19. The molecule has 0 aromatic heterocycles. The second kappa shape index (κ2) is 17.4. The number of nitrogens with one attached hydrogen (secondary N) is 1. The van der Waals surface area contributed by atoms with Gasteiger partial charge in [-0.25, -0.2) is 4.79 Å². The molecule has 8 heteroatoms. The van der Waals surface area contributed by atoms with E-state index in [1.54, 1.807) is 6.92 Å². The molecule has 1 unspecified atom stereocenters. The maximum atomic E-state index is 11.9. The Balaban J connectivity index is 3.86. The summed E-state index contributed by atoms with van der Waals surface area (Å²) in [6.45, 7) is 3.59. The maximum Gasteiger partial charge on any atom is 0.329 e. The van der Waals surface area contributed by atoms with Gasteiger partial charge in [0.15, 0.2) is 0 Å². The van der Waals surface area contributed by atoms with Crippen LogP contribution in [0.15, 0.2) is 0 Å². The van der Waals surface area contributed by atoms with E-state index in [1.165, 1.54) is 43.4 Å². The Bertz CT molecular complexity index is 444. The van der Waals surface area contributed by atoms with Gasteiger partial charge in [0, 0.05) is 19.5 Å². The fraction of sp³-hybridized carbons (Fsp3) is 0.850. The van der Waals surface area contributed by atoms with Gasteiger partial charge in [0.1, 0.15) is 12.8 Å². The summed E-state index contributed by atoms with van der Waals surface area (Å²) in [5.41, 5.74) is 0. The summed E-state index contributed by atoms with van der Waals surface area (Å²) in [6.07, 6.45) is 10.6. The first-order valence-electron chi connectivity index (χ1n) is 10.4. The van der Waals surface area contributed by atoms with E-state index in [0.717, 1.165) is 19.3 Å². The van der Waals surface area contributed by atoms with Gasteiger partial charge in [-0.15, -0.1) is 0 Å². The predicted octanol–water partition coefficient (Wildman–Crippen LogP) is 2.86. The fourth-order valence-corrected chi connectivity index (χ4v) is 2.88. The van der Waals surface area contributed by atoms with Gasteiger partial charge < -0.3 is 20.3 Å². The van der Waals surface area contributed by atoms with Crippen molar-refractivity contribution in [2.24, 2.45) is 0 Å². The van der Waals surface area contributed by atoms with E-state index in [1.807, 2.05) is 0 Å². The SMILES string of the molecule is CCCCCCCCCCCC(=O)NCCN(CC(=O)O)C(C)OCC(=O)O. The third-order valence-electron chi connectivity index (χ3n) is 4.53. The fourth-order valence-electron chi connectivity index (χ4n) is 2.88. The van der Waals surface area contributed by atoms with E-state index in [4.69, 9.17) is 14.9 Å². The highest BCUT2D eigenvalue weighted by Gasteiger charge is 2.18. The van der Waals surface area contributed by atoms with E-state index in [2.05, 4.69) is 12.2 Å². The van der Waals surface area contributed by atoms with Crippen LogP contribution in [0.5, 0.6) is 0 Å². The van der Waals surface area contributed by atoms with Gasteiger partial charge in [-0.2, -0.15) is 0 Å². The largest absolute Gasteiger partial charge is 0.480 e. The number of hydrogen-bond acceptors (Lipinski definition) is 5. The molecule has 0 radical (unpaired) electrons. The van der Waals surface area contributed by atoms with Crippen molar-refractivity contribution < 1.29 is 29.3 Å². The predicted molar refractivity (Wildman–Crippen MR) is 107 cm³/mol. The van der Waals surface area contributed by atoms with Crippen LogP contribution in [0.1, 0.15) is 78.1 Å². The molecule has 0 bridgehead atoms. The molecule has 0 aromatic rings. The molecule has 0 rings (SSSR count). The molecule has 0 aliphatic rings. The number of aliphatic carboxylic acids is 2. The van der Waals surface area contributed by atoms with Gasteiger partial charge in [-0.1, -0.05) is 58.3 Å². The highest BCUT2D eigenvalue weighted by atomic mass is 16.5. The molecule has 0 saturated heterocycles. The van der Waals surface area contributed by atoms with Gasteiger partial charge in [-0.05, 0) is 13.3 Å². The van der Waals surface area contributed by atoms with E-state index >= 15 is 0 Å². The molecule has 1 amide bonds. The molecule has 0 spiro atoms. The smallest absolute Gasteiger partial charge is 0.329 e. The van der Waals surface area contributed by atoms with Crippen LogP contribution in [-0.2, 0) is 19.1 Å². The van der Waals surface area contributed by atoms with Crippen LogP contribution in [-0.4, -0.2) is 65.4 Å². The Morgan fingerprint density at radius 3 is 2.04 bits per heavy atom. The summed E-state index contributed by atoms with van der Waals surface area (Å²) in [5, 5.41) is 20.4. The first-order chi connectivity index (χ1) is 13.4. The van der Waals surface area contributed by atoms with Crippen LogP contribution in [0.2, 0.25) is 0 Å². The Morgan fingerprint density at radius 1 is 0.929 bits per heavy atom. The number of rotatable bonds is 19. The van der Waals surface area contributed by atoms with Crippen molar-refractivity contribution in [2.75, 3.05) is 26.2 Å². The molecule has 0 fully saturated rings. The number of unbranched alkanes of at least 4 members (excludes halogenated alkanes) is 8. The third-order valence-corrected chi connectivity index (χ3v) is 4.53. The second-order valence-electron chi connectivity index (χ2n) is 7.10. The number of nitrogens with zero attached hydrogens (tertiary/aromatic N) is 1. The Morgan fingerprint density at radius 2 is 1.50 bits per heavy atom. The van der Waals surface area contributed by atoms with E-state index in [0.29, 0.717) is 13.0 Å². The Labute approximate surface area is 168 Å². The van der Waals surface area contributed by atoms with Crippen molar-refractivity contribution in [3.05, 3.63) is 0 Å². The van der Waals surface area contributed by atoms with Crippen LogP contribution in [0.3, 0.4) is 0 Å². The number of hydrogen-bond donors (Lipinski definition) is 3. The number of carbonyl (C=O) groups excluding carboxylic acids is 1. The lowest BCUT2D eigenvalue weighted by Crippen LogP contribution is -2.44. The van der Waals surface area contributed by atoms with Crippen LogP contribution in [0.4, 0.5) is 0 Å². The van der Waals surface area contributed by atoms with Crippen LogP contribution >= 0.6 is 0 Å². The Kier molecular flexibility index (Phi) is 16.4. The number of ether oxygens (including phenoxy) is 1.